The number of carbonyl (C=O) groups excluding carboxylic acids is 2. The molecule has 0 atom stereocenters. The number of carbonyl (C=O) groups is 2. The first-order chi connectivity index (χ1) is 9.08. The Balaban J connectivity index is 3.31. The molecule has 0 aliphatic heterocycles. The zero-order valence-electron chi connectivity index (χ0n) is 11.0. The first kappa shape index (κ1) is 14.9. The highest BCUT2D eigenvalue weighted by molar-refractivity contribution is 6.41. The van der Waals surface area contributed by atoms with Crippen LogP contribution in [0.4, 0.5) is 4.39 Å². The van der Waals surface area contributed by atoms with Gasteiger partial charge in [-0.2, -0.15) is 0 Å². The highest BCUT2D eigenvalue weighted by atomic mass is 19.1. The van der Waals surface area contributed by atoms with Crippen molar-refractivity contribution in [3.8, 4) is 11.5 Å². The van der Waals surface area contributed by atoms with Gasteiger partial charge in [0.15, 0.2) is 11.5 Å². The summed E-state index contributed by atoms with van der Waals surface area (Å²) in [5.74, 6) is -1.64. The highest BCUT2D eigenvalue weighted by Gasteiger charge is 2.25. The average Bonchev–Trinajstić information content (AvgIpc) is 2.44. The molecule has 0 aromatic heterocycles. The van der Waals surface area contributed by atoms with Crippen LogP contribution in [0.3, 0.4) is 0 Å². The number of rotatable bonds is 6. The van der Waals surface area contributed by atoms with Gasteiger partial charge in [-0.3, -0.25) is 4.79 Å². The van der Waals surface area contributed by atoms with E-state index in [4.69, 9.17) is 9.47 Å². The molecule has 1 aromatic rings. The van der Waals surface area contributed by atoms with Gasteiger partial charge in [0, 0.05) is 0 Å². The largest absolute Gasteiger partial charge is 0.493 e. The molecule has 0 fully saturated rings. The van der Waals surface area contributed by atoms with Crippen LogP contribution in [0.5, 0.6) is 11.5 Å². The third kappa shape index (κ3) is 3.21. The van der Waals surface area contributed by atoms with Gasteiger partial charge in [-0.25, -0.2) is 9.18 Å². The summed E-state index contributed by atoms with van der Waals surface area (Å²) in [6, 6.07) is 2.65. The van der Waals surface area contributed by atoms with E-state index in [9.17, 15) is 14.0 Å². The minimum absolute atomic E-state index is 0.0760. The topological polar surface area (TPSA) is 61.8 Å². The third-order valence-electron chi connectivity index (χ3n) is 2.40. The Kier molecular flexibility index (Phi) is 5.29. The molecule has 0 radical (unpaired) electrons. The van der Waals surface area contributed by atoms with E-state index in [0.717, 1.165) is 0 Å². The lowest BCUT2D eigenvalue weighted by atomic mass is 10.1. The standard InChI is InChI=1S/C13H15FO5/c1-4-19-13(16)11(15)9-5-8(7-14)6-10(17-2)12(9)18-3/h5-6H,4,7H2,1-3H3. The minimum atomic E-state index is -1.01. The Morgan fingerprint density at radius 2 is 1.89 bits per heavy atom. The van der Waals surface area contributed by atoms with Crippen LogP contribution in [0.25, 0.3) is 0 Å². The SMILES string of the molecule is CCOC(=O)C(=O)c1cc(CF)cc(OC)c1OC. The Bertz CT molecular complexity index is 484. The van der Waals surface area contributed by atoms with Gasteiger partial charge in [0.2, 0.25) is 0 Å². The molecule has 0 aliphatic rings. The van der Waals surface area contributed by atoms with E-state index in [1.54, 1.807) is 6.92 Å². The molecule has 19 heavy (non-hydrogen) atoms. The van der Waals surface area contributed by atoms with E-state index >= 15 is 0 Å². The summed E-state index contributed by atoms with van der Waals surface area (Å²) in [5, 5.41) is 0. The zero-order chi connectivity index (χ0) is 14.4. The third-order valence-corrected chi connectivity index (χ3v) is 2.40. The second kappa shape index (κ2) is 6.72. The number of methoxy groups -OCH3 is 2. The number of benzene rings is 1. The van der Waals surface area contributed by atoms with Crippen molar-refractivity contribution >= 4 is 11.8 Å². The summed E-state index contributed by atoms with van der Waals surface area (Å²) in [5.41, 5.74) is 0.137. The summed E-state index contributed by atoms with van der Waals surface area (Å²) in [4.78, 5) is 23.4. The van der Waals surface area contributed by atoms with E-state index in [2.05, 4.69) is 4.74 Å². The van der Waals surface area contributed by atoms with Gasteiger partial charge in [0.05, 0.1) is 26.4 Å². The first-order valence-electron chi connectivity index (χ1n) is 5.61. The smallest absolute Gasteiger partial charge is 0.379 e. The van der Waals surface area contributed by atoms with Crippen molar-refractivity contribution in [2.45, 2.75) is 13.6 Å². The van der Waals surface area contributed by atoms with Crippen molar-refractivity contribution in [3.63, 3.8) is 0 Å². The molecule has 6 heteroatoms. The molecule has 0 saturated carbocycles. The molecule has 1 rings (SSSR count). The van der Waals surface area contributed by atoms with Crippen LogP contribution in [0.2, 0.25) is 0 Å². The van der Waals surface area contributed by atoms with Crippen LogP contribution >= 0.6 is 0 Å². The van der Waals surface area contributed by atoms with Crippen molar-refractivity contribution in [3.05, 3.63) is 23.3 Å². The van der Waals surface area contributed by atoms with Crippen molar-refractivity contribution in [2.24, 2.45) is 0 Å². The van der Waals surface area contributed by atoms with Crippen LogP contribution < -0.4 is 9.47 Å². The quantitative estimate of drug-likeness (QED) is 0.449. The molecule has 104 valence electrons. The molecule has 5 nitrogen and oxygen atoms in total. The molecule has 0 aliphatic carbocycles. The van der Waals surface area contributed by atoms with E-state index in [-0.39, 0.29) is 29.2 Å². The van der Waals surface area contributed by atoms with Crippen molar-refractivity contribution in [1.82, 2.24) is 0 Å². The van der Waals surface area contributed by atoms with Gasteiger partial charge >= 0.3 is 5.97 Å². The van der Waals surface area contributed by atoms with Crippen LogP contribution in [0.15, 0.2) is 12.1 Å². The number of halogens is 1. The molecule has 0 saturated heterocycles. The normalized spacial score (nSPS) is 9.89. The molecular weight excluding hydrogens is 255 g/mol. The predicted molar refractivity (Wildman–Crippen MR) is 65.3 cm³/mol. The van der Waals surface area contributed by atoms with Gasteiger partial charge in [-0.1, -0.05) is 0 Å². The molecular formula is C13H15FO5. The van der Waals surface area contributed by atoms with Crippen molar-refractivity contribution in [1.29, 1.82) is 0 Å². The zero-order valence-corrected chi connectivity index (χ0v) is 11.0. The lowest BCUT2D eigenvalue weighted by molar-refractivity contribution is -0.137. The maximum atomic E-state index is 12.7. The maximum Gasteiger partial charge on any atom is 0.379 e. The summed E-state index contributed by atoms with van der Waals surface area (Å²) >= 11 is 0. The minimum Gasteiger partial charge on any atom is -0.493 e. The van der Waals surface area contributed by atoms with Gasteiger partial charge in [-0.15, -0.1) is 0 Å². The van der Waals surface area contributed by atoms with E-state index in [1.165, 1.54) is 26.4 Å². The molecule has 0 unspecified atom stereocenters. The Morgan fingerprint density at radius 1 is 1.21 bits per heavy atom. The Labute approximate surface area is 110 Å². The Morgan fingerprint density at radius 3 is 2.37 bits per heavy atom. The van der Waals surface area contributed by atoms with Gasteiger partial charge in [0.1, 0.15) is 6.67 Å². The number of ketones is 1. The van der Waals surface area contributed by atoms with E-state index in [0.29, 0.717) is 0 Å². The fraction of sp³-hybridized carbons (Fsp3) is 0.385. The number of alkyl halides is 1. The average molecular weight is 270 g/mol. The number of hydrogen-bond acceptors (Lipinski definition) is 5. The predicted octanol–water partition coefficient (Wildman–Crippen LogP) is 1.92. The van der Waals surface area contributed by atoms with Gasteiger partial charge in [0.25, 0.3) is 5.78 Å². The lowest BCUT2D eigenvalue weighted by Gasteiger charge is -2.13. The fourth-order valence-electron chi connectivity index (χ4n) is 1.57. The summed E-state index contributed by atoms with van der Waals surface area (Å²) < 4.78 is 27.4. The van der Waals surface area contributed by atoms with Crippen LogP contribution in [-0.4, -0.2) is 32.6 Å². The van der Waals surface area contributed by atoms with Crippen LogP contribution in [0.1, 0.15) is 22.8 Å². The molecule has 1 aromatic carbocycles. The number of ether oxygens (including phenoxy) is 3. The monoisotopic (exact) mass is 270 g/mol. The Hall–Kier alpha value is -2.11. The first-order valence-corrected chi connectivity index (χ1v) is 5.61. The second-order valence-electron chi connectivity index (χ2n) is 3.56. The second-order valence-corrected chi connectivity index (χ2v) is 3.56. The molecule has 0 spiro atoms. The van der Waals surface area contributed by atoms with Crippen molar-refractivity contribution in [2.75, 3.05) is 20.8 Å². The van der Waals surface area contributed by atoms with E-state index in [1.807, 2.05) is 0 Å². The molecule has 0 heterocycles. The number of esters is 1. The fourth-order valence-corrected chi connectivity index (χ4v) is 1.57. The molecule has 0 N–H and O–H groups in total. The van der Waals surface area contributed by atoms with Crippen molar-refractivity contribution < 1.29 is 28.2 Å². The van der Waals surface area contributed by atoms with Crippen LogP contribution in [0, 0.1) is 0 Å². The number of hydrogen-bond donors (Lipinski definition) is 0. The molecule has 0 amide bonds. The lowest BCUT2D eigenvalue weighted by Crippen LogP contribution is -2.18. The summed E-state index contributed by atoms with van der Waals surface area (Å²) in [7, 11) is 2.69. The van der Waals surface area contributed by atoms with Gasteiger partial charge < -0.3 is 14.2 Å². The summed E-state index contributed by atoms with van der Waals surface area (Å²) in [6.45, 7) is 0.872. The molecule has 0 bridgehead atoms. The van der Waals surface area contributed by atoms with E-state index < -0.39 is 18.4 Å². The highest BCUT2D eigenvalue weighted by Crippen LogP contribution is 2.33. The van der Waals surface area contributed by atoms with Gasteiger partial charge in [-0.05, 0) is 24.6 Å². The maximum absolute atomic E-state index is 12.7. The van der Waals surface area contributed by atoms with Crippen LogP contribution in [-0.2, 0) is 16.2 Å². The summed E-state index contributed by atoms with van der Waals surface area (Å²) in [6.07, 6.45) is 0. The number of Topliss-reactive ketones (excluding diaryl/α,β-unsaturated/α-hetero) is 1.